The van der Waals surface area contributed by atoms with Gasteiger partial charge in [0, 0.05) is 6.04 Å². The zero-order chi connectivity index (χ0) is 7.40. The molecule has 0 aliphatic heterocycles. The van der Waals surface area contributed by atoms with Gasteiger partial charge in [0.15, 0.2) is 0 Å². The van der Waals surface area contributed by atoms with Crippen molar-refractivity contribution in [3.8, 4) is 0 Å². The second kappa shape index (κ2) is 3.74. The molecule has 1 aliphatic rings. The van der Waals surface area contributed by atoms with Gasteiger partial charge in [0.05, 0.1) is 0 Å². The van der Waals surface area contributed by atoms with E-state index in [9.17, 15) is 0 Å². The van der Waals surface area contributed by atoms with Crippen LogP contribution in [0.2, 0.25) is 0 Å². The van der Waals surface area contributed by atoms with Crippen LogP contribution in [0.15, 0.2) is 12.2 Å². The van der Waals surface area contributed by atoms with E-state index in [0.29, 0.717) is 6.04 Å². The Bertz CT molecular complexity index is 120. The summed E-state index contributed by atoms with van der Waals surface area (Å²) in [4.78, 5) is 0. The molecule has 58 valence electrons. The number of allylic oxidation sites excluding steroid dienone is 1. The van der Waals surface area contributed by atoms with Crippen molar-refractivity contribution in [3.05, 3.63) is 12.2 Å². The van der Waals surface area contributed by atoms with Crippen LogP contribution in [0, 0.1) is 0 Å². The number of aliphatic hydroxyl groups excluding tert-OH is 1. The van der Waals surface area contributed by atoms with Crippen molar-refractivity contribution in [3.63, 3.8) is 0 Å². The van der Waals surface area contributed by atoms with Gasteiger partial charge in [-0.2, -0.15) is 0 Å². The molecule has 0 aromatic rings. The van der Waals surface area contributed by atoms with Crippen LogP contribution in [0.1, 0.15) is 26.2 Å². The van der Waals surface area contributed by atoms with Crippen molar-refractivity contribution in [2.75, 3.05) is 0 Å². The summed E-state index contributed by atoms with van der Waals surface area (Å²) < 4.78 is 0. The van der Waals surface area contributed by atoms with Crippen molar-refractivity contribution in [1.82, 2.24) is 5.32 Å². The molecule has 0 aromatic carbocycles. The Labute approximate surface area is 61.9 Å². The molecule has 0 heterocycles. The molecule has 0 spiro atoms. The van der Waals surface area contributed by atoms with E-state index in [1.54, 1.807) is 6.92 Å². The van der Waals surface area contributed by atoms with Crippen molar-refractivity contribution in [2.45, 2.75) is 38.5 Å². The average molecular weight is 141 g/mol. The molecule has 0 bridgehead atoms. The zero-order valence-corrected chi connectivity index (χ0v) is 6.38. The van der Waals surface area contributed by atoms with Gasteiger partial charge in [0.1, 0.15) is 6.23 Å². The molecule has 2 heteroatoms. The Morgan fingerprint density at radius 3 is 3.00 bits per heavy atom. The van der Waals surface area contributed by atoms with Crippen LogP contribution < -0.4 is 5.32 Å². The Morgan fingerprint density at radius 2 is 2.50 bits per heavy atom. The molecule has 1 rings (SSSR count). The Morgan fingerprint density at radius 1 is 1.70 bits per heavy atom. The summed E-state index contributed by atoms with van der Waals surface area (Å²) in [6.07, 6.45) is 7.51. The highest BCUT2D eigenvalue weighted by Gasteiger charge is 2.08. The maximum atomic E-state index is 8.96. The van der Waals surface area contributed by atoms with Gasteiger partial charge in [-0.1, -0.05) is 12.2 Å². The van der Waals surface area contributed by atoms with Gasteiger partial charge in [-0.25, -0.2) is 0 Å². The van der Waals surface area contributed by atoms with Crippen LogP contribution in [-0.2, 0) is 0 Å². The lowest BCUT2D eigenvalue weighted by atomic mass is 10.0. The number of hydrogen-bond donors (Lipinski definition) is 2. The van der Waals surface area contributed by atoms with E-state index >= 15 is 0 Å². The van der Waals surface area contributed by atoms with Crippen LogP contribution in [0.25, 0.3) is 0 Å². The van der Waals surface area contributed by atoms with E-state index in [1.807, 2.05) is 0 Å². The minimum atomic E-state index is -0.382. The van der Waals surface area contributed by atoms with E-state index in [-0.39, 0.29) is 6.23 Å². The first-order valence-corrected chi connectivity index (χ1v) is 3.90. The van der Waals surface area contributed by atoms with E-state index in [2.05, 4.69) is 17.5 Å². The van der Waals surface area contributed by atoms with Crippen LogP contribution in [-0.4, -0.2) is 17.4 Å². The highest BCUT2D eigenvalue weighted by atomic mass is 16.3. The van der Waals surface area contributed by atoms with E-state index in [4.69, 9.17) is 5.11 Å². The fourth-order valence-electron chi connectivity index (χ4n) is 1.26. The molecule has 2 N–H and O–H groups in total. The summed E-state index contributed by atoms with van der Waals surface area (Å²) in [6, 6.07) is 0.397. The molecule has 2 nitrogen and oxygen atoms in total. The molecule has 2 unspecified atom stereocenters. The van der Waals surface area contributed by atoms with Gasteiger partial charge in [-0.3, -0.25) is 5.32 Å². The normalized spacial score (nSPS) is 28.4. The van der Waals surface area contributed by atoms with Crippen molar-refractivity contribution >= 4 is 0 Å². The predicted octanol–water partition coefficient (Wildman–Crippen LogP) is 1.02. The van der Waals surface area contributed by atoms with Gasteiger partial charge in [0.25, 0.3) is 0 Å². The predicted molar refractivity (Wildman–Crippen MR) is 41.6 cm³/mol. The maximum Gasteiger partial charge on any atom is 0.102 e. The molecule has 0 saturated heterocycles. The number of hydrogen-bond acceptors (Lipinski definition) is 2. The third kappa shape index (κ3) is 2.50. The lowest BCUT2D eigenvalue weighted by Crippen LogP contribution is -2.35. The minimum absolute atomic E-state index is 0.382. The van der Waals surface area contributed by atoms with Gasteiger partial charge in [-0.05, 0) is 26.2 Å². The quantitative estimate of drug-likeness (QED) is 0.444. The second-order valence-electron chi connectivity index (χ2n) is 2.81. The fraction of sp³-hybridized carbons (Fsp3) is 0.750. The van der Waals surface area contributed by atoms with Crippen molar-refractivity contribution < 1.29 is 5.11 Å². The van der Waals surface area contributed by atoms with E-state index < -0.39 is 0 Å². The maximum absolute atomic E-state index is 8.96. The zero-order valence-electron chi connectivity index (χ0n) is 6.38. The van der Waals surface area contributed by atoms with E-state index in [0.717, 1.165) is 6.42 Å². The minimum Gasteiger partial charge on any atom is -0.379 e. The molecular weight excluding hydrogens is 126 g/mol. The summed E-state index contributed by atoms with van der Waals surface area (Å²) in [5, 5.41) is 12.0. The van der Waals surface area contributed by atoms with Crippen molar-refractivity contribution in [2.24, 2.45) is 0 Å². The van der Waals surface area contributed by atoms with Crippen LogP contribution in [0.4, 0.5) is 0 Å². The molecule has 0 aromatic heterocycles. The highest BCUT2D eigenvalue weighted by Crippen LogP contribution is 2.09. The van der Waals surface area contributed by atoms with E-state index in [1.165, 1.54) is 12.8 Å². The van der Waals surface area contributed by atoms with Gasteiger partial charge in [-0.15, -0.1) is 0 Å². The number of rotatable bonds is 2. The Kier molecular flexibility index (Phi) is 2.90. The summed E-state index contributed by atoms with van der Waals surface area (Å²) in [5.74, 6) is 0. The topological polar surface area (TPSA) is 32.3 Å². The molecule has 0 saturated carbocycles. The summed E-state index contributed by atoms with van der Waals surface area (Å²) >= 11 is 0. The first-order chi connectivity index (χ1) is 4.79. The molecule has 1 aliphatic carbocycles. The fourth-order valence-corrected chi connectivity index (χ4v) is 1.26. The molecular formula is C8H15NO. The standard InChI is InChI=1S/C8H15NO/c1-7(10)9-8-5-3-2-4-6-8/h3,5,7-10H,2,4,6H2,1H3. The van der Waals surface area contributed by atoms with Crippen LogP contribution in [0.5, 0.6) is 0 Å². The molecule has 2 atom stereocenters. The van der Waals surface area contributed by atoms with Gasteiger partial charge >= 0.3 is 0 Å². The summed E-state index contributed by atoms with van der Waals surface area (Å²) in [6.45, 7) is 1.75. The monoisotopic (exact) mass is 141 g/mol. The largest absolute Gasteiger partial charge is 0.379 e. The molecule has 0 fully saturated rings. The van der Waals surface area contributed by atoms with Gasteiger partial charge in [0.2, 0.25) is 0 Å². The summed E-state index contributed by atoms with van der Waals surface area (Å²) in [7, 11) is 0. The average Bonchev–Trinajstić information content (AvgIpc) is 1.88. The SMILES string of the molecule is CC(O)NC1C=CCCC1. The number of aliphatic hydroxyl groups is 1. The summed E-state index contributed by atoms with van der Waals surface area (Å²) in [5.41, 5.74) is 0. The first-order valence-electron chi connectivity index (χ1n) is 3.90. The highest BCUT2D eigenvalue weighted by molar-refractivity contribution is 4.97. The van der Waals surface area contributed by atoms with Crippen molar-refractivity contribution in [1.29, 1.82) is 0 Å². The third-order valence-corrected chi connectivity index (χ3v) is 1.71. The lowest BCUT2D eigenvalue weighted by molar-refractivity contribution is 0.145. The first kappa shape index (κ1) is 7.76. The molecule has 0 amide bonds. The number of nitrogens with one attached hydrogen (secondary N) is 1. The Balaban J connectivity index is 2.26. The second-order valence-corrected chi connectivity index (χ2v) is 2.81. The van der Waals surface area contributed by atoms with Crippen LogP contribution >= 0.6 is 0 Å². The van der Waals surface area contributed by atoms with Gasteiger partial charge < -0.3 is 5.11 Å². The van der Waals surface area contributed by atoms with Crippen LogP contribution in [0.3, 0.4) is 0 Å². The molecule has 10 heavy (non-hydrogen) atoms. The lowest BCUT2D eigenvalue weighted by Gasteiger charge is -2.19. The smallest absolute Gasteiger partial charge is 0.102 e. The third-order valence-electron chi connectivity index (χ3n) is 1.71. The molecule has 0 radical (unpaired) electrons. The Hall–Kier alpha value is -0.340.